The predicted octanol–water partition coefficient (Wildman–Crippen LogP) is 7.33. The molecule has 0 aliphatic carbocycles. The Kier molecular flexibility index (Phi) is 7.74. The summed E-state index contributed by atoms with van der Waals surface area (Å²) in [5.74, 6) is -0.166. The van der Waals surface area contributed by atoms with Crippen LogP contribution in [0.2, 0.25) is 0 Å². The molecule has 0 saturated heterocycles. The maximum Gasteiger partial charge on any atom is 0.418 e. The highest BCUT2D eigenvalue weighted by Crippen LogP contribution is 2.40. The first-order valence-corrected chi connectivity index (χ1v) is 14.4. The van der Waals surface area contributed by atoms with Crippen molar-refractivity contribution in [3.05, 3.63) is 120 Å². The zero-order valence-electron chi connectivity index (χ0n) is 21.4. The zero-order chi connectivity index (χ0) is 28.3. The van der Waals surface area contributed by atoms with Crippen LogP contribution in [0.15, 0.2) is 108 Å². The first-order valence-electron chi connectivity index (χ1n) is 12.7. The molecule has 40 heavy (non-hydrogen) atoms. The SMILES string of the molecule is O=S(=O)(CCCO)c1cccc(-c2cccc(-c3c(Cc4ccccc4)cnc4c(C(F)(F)F)cccc34)c2)c1. The maximum absolute atomic E-state index is 13.9. The van der Waals surface area contributed by atoms with E-state index in [-0.39, 0.29) is 29.2 Å². The van der Waals surface area contributed by atoms with Crippen molar-refractivity contribution in [1.29, 1.82) is 0 Å². The summed E-state index contributed by atoms with van der Waals surface area (Å²) in [6.07, 6.45) is -2.44. The van der Waals surface area contributed by atoms with E-state index in [0.29, 0.717) is 28.5 Å². The van der Waals surface area contributed by atoms with Crippen molar-refractivity contribution < 1.29 is 26.7 Å². The van der Waals surface area contributed by atoms with E-state index in [4.69, 9.17) is 5.11 Å². The molecular formula is C32H26F3NO3S. The summed E-state index contributed by atoms with van der Waals surface area (Å²) in [6.45, 7) is -0.220. The number of hydrogen-bond donors (Lipinski definition) is 1. The molecule has 1 heterocycles. The average Bonchev–Trinajstić information content (AvgIpc) is 2.96. The molecule has 0 atom stereocenters. The van der Waals surface area contributed by atoms with Crippen LogP contribution in [0, 0.1) is 0 Å². The number of nitrogens with zero attached hydrogens (tertiary/aromatic N) is 1. The number of para-hydroxylation sites is 1. The Morgan fingerprint density at radius 1 is 0.775 bits per heavy atom. The second-order valence-corrected chi connectivity index (χ2v) is 11.6. The number of benzene rings is 4. The van der Waals surface area contributed by atoms with Gasteiger partial charge in [-0.25, -0.2) is 8.42 Å². The van der Waals surface area contributed by atoms with Crippen LogP contribution in [0.1, 0.15) is 23.1 Å². The molecule has 4 nitrogen and oxygen atoms in total. The molecule has 8 heteroatoms. The summed E-state index contributed by atoms with van der Waals surface area (Å²) in [5, 5.41) is 9.46. The molecule has 0 aliphatic heterocycles. The second-order valence-electron chi connectivity index (χ2n) is 9.52. The van der Waals surface area contributed by atoms with Gasteiger partial charge in [-0.2, -0.15) is 13.2 Å². The lowest BCUT2D eigenvalue weighted by Gasteiger charge is -2.17. The highest BCUT2D eigenvalue weighted by Gasteiger charge is 2.33. The van der Waals surface area contributed by atoms with Crippen molar-refractivity contribution in [2.45, 2.75) is 23.9 Å². The predicted molar refractivity (Wildman–Crippen MR) is 151 cm³/mol. The van der Waals surface area contributed by atoms with E-state index in [2.05, 4.69) is 4.98 Å². The molecule has 1 aromatic heterocycles. The quantitative estimate of drug-likeness (QED) is 0.215. The summed E-state index contributed by atoms with van der Waals surface area (Å²) >= 11 is 0. The van der Waals surface area contributed by atoms with Crippen LogP contribution in [-0.2, 0) is 22.4 Å². The number of halogens is 3. The summed E-state index contributed by atoms with van der Waals surface area (Å²) in [4.78, 5) is 4.42. The summed E-state index contributed by atoms with van der Waals surface area (Å²) in [5.41, 5.74) is 3.57. The Balaban J connectivity index is 1.67. The van der Waals surface area contributed by atoms with Crippen molar-refractivity contribution in [2.24, 2.45) is 0 Å². The van der Waals surface area contributed by atoms with Gasteiger partial charge in [-0.05, 0) is 70.5 Å². The van der Waals surface area contributed by atoms with E-state index in [1.165, 1.54) is 18.3 Å². The van der Waals surface area contributed by atoms with Crippen molar-refractivity contribution >= 4 is 20.7 Å². The van der Waals surface area contributed by atoms with E-state index in [1.54, 1.807) is 24.3 Å². The van der Waals surface area contributed by atoms with Crippen LogP contribution in [-0.4, -0.2) is 30.9 Å². The summed E-state index contributed by atoms with van der Waals surface area (Å²) in [7, 11) is -3.58. The fourth-order valence-corrected chi connectivity index (χ4v) is 6.22. The lowest BCUT2D eigenvalue weighted by Crippen LogP contribution is -2.08. The Morgan fingerprint density at radius 2 is 1.45 bits per heavy atom. The molecule has 0 radical (unpaired) electrons. The van der Waals surface area contributed by atoms with Gasteiger partial charge in [-0.15, -0.1) is 0 Å². The summed E-state index contributed by atoms with van der Waals surface area (Å²) in [6, 6.07) is 27.6. The number of fused-ring (bicyclic) bond motifs is 1. The molecule has 0 aliphatic rings. The number of hydrogen-bond acceptors (Lipinski definition) is 4. The standard InChI is InChI=1S/C32H26F3NO3S/c33-32(34,35)29-15-6-14-28-30(26(21-36-31(28)29)18-22-8-2-1-3-9-22)25-12-4-10-23(19-25)24-11-5-13-27(20-24)40(38,39)17-7-16-37/h1-6,8-15,19-21,37H,7,16-18H2. The topological polar surface area (TPSA) is 67.3 Å². The molecule has 204 valence electrons. The van der Waals surface area contributed by atoms with Gasteiger partial charge in [-0.3, -0.25) is 4.98 Å². The molecule has 0 fully saturated rings. The molecule has 0 amide bonds. The number of alkyl halides is 3. The van der Waals surface area contributed by atoms with Gasteiger partial charge in [-0.1, -0.05) is 72.8 Å². The van der Waals surface area contributed by atoms with Gasteiger partial charge in [0.25, 0.3) is 0 Å². The highest BCUT2D eigenvalue weighted by molar-refractivity contribution is 7.91. The van der Waals surface area contributed by atoms with Crippen LogP contribution < -0.4 is 0 Å². The van der Waals surface area contributed by atoms with Gasteiger partial charge in [0.15, 0.2) is 9.84 Å². The minimum atomic E-state index is -4.56. The van der Waals surface area contributed by atoms with E-state index in [9.17, 15) is 21.6 Å². The van der Waals surface area contributed by atoms with Crippen molar-refractivity contribution in [2.75, 3.05) is 12.4 Å². The Bertz CT molecular complexity index is 1770. The molecule has 1 N–H and O–H groups in total. The van der Waals surface area contributed by atoms with E-state index < -0.39 is 21.6 Å². The Morgan fingerprint density at radius 3 is 2.17 bits per heavy atom. The molecular weight excluding hydrogens is 535 g/mol. The molecule has 4 aromatic carbocycles. The average molecular weight is 562 g/mol. The molecule has 5 aromatic rings. The van der Waals surface area contributed by atoms with Crippen molar-refractivity contribution in [3.8, 4) is 22.3 Å². The van der Waals surface area contributed by atoms with Crippen LogP contribution in [0.5, 0.6) is 0 Å². The minimum absolute atomic E-state index is 0.121. The van der Waals surface area contributed by atoms with Gasteiger partial charge >= 0.3 is 6.18 Å². The van der Waals surface area contributed by atoms with Gasteiger partial charge in [0.05, 0.1) is 21.7 Å². The number of sulfone groups is 1. The van der Waals surface area contributed by atoms with E-state index in [1.807, 2.05) is 54.6 Å². The largest absolute Gasteiger partial charge is 0.418 e. The van der Waals surface area contributed by atoms with E-state index >= 15 is 0 Å². The Hall–Kier alpha value is -4.01. The molecule has 0 spiro atoms. The van der Waals surface area contributed by atoms with E-state index in [0.717, 1.165) is 22.8 Å². The minimum Gasteiger partial charge on any atom is -0.396 e. The van der Waals surface area contributed by atoms with Gasteiger partial charge in [0.1, 0.15) is 0 Å². The monoisotopic (exact) mass is 561 g/mol. The van der Waals surface area contributed by atoms with Crippen LogP contribution in [0.3, 0.4) is 0 Å². The molecule has 5 rings (SSSR count). The van der Waals surface area contributed by atoms with Crippen molar-refractivity contribution in [3.63, 3.8) is 0 Å². The molecule has 0 unspecified atom stereocenters. The van der Waals surface area contributed by atoms with Crippen molar-refractivity contribution in [1.82, 2.24) is 4.98 Å². The number of pyridine rings is 1. The number of rotatable bonds is 8. The Labute approximate surface area is 230 Å². The number of aliphatic hydroxyl groups excluding tert-OH is 1. The zero-order valence-corrected chi connectivity index (χ0v) is 22.2. The third-order valence-electron chi connectivity index (χ3n) is 6.77. The fourth-order valence-electron chi connectivity index (χ4n) is 4.88. The lowest BCUT2D eigenvalue weighted by atomic mass is 9.90. The third-order valence-corrected chi connectivity index (χ3v) is 8.57. The fraction of sp³-hybridized carbons (Fsp3) is 0.156. The molecule has 0 bridgehead atoms. The number of aliphatic hydroxyl groups is 1. The van der Waals surface area contributed by atoms with Gasteiger partial charge in [0, 0.05) is 18.2 Å². The van der Waals surface area contributed by atoms with Crippen LogP contribution in [0.4, 0.5) is 13.2 Å². The maximum atomic E-state index is 13.9. The normalized spacial score (nSPS) is 12.1. The first kappa shape index (κ1) is 27.6. The number of aromatic nitrogens is 1. The highest BCUT2D eigenvalue weighted by atomic mass is 32.2. The van der Waals surface area contributed by atoms with Crippen LogP contribution >= 0.6 is 0 Å². The second kappa shape index (κ2) is 11.2. The molecule has 0 saturated carbocycles. The lowest BCUT2D eigenvalue weighted by molar-refractivity contribution is -0.136. The third kappa shape index (κ3) is 5.78. The summed E-state index contributed by atoms with van der Waals surface area (Å²) < 4.78 is 67.1. The smallest absolute Gasteiger partial charge is 0.396 e. The van der Waals surface area contributed by atoms with Crippen LogP contribution in [0.25, 0.3) is 33.2 Å². The van der Waals surface area contributed by atoms with Gasteiger partial charge in [0.2, 0.25) is 0 Å². The van der Waals surface area contributed by atoms with Gasteiger partial charge < -0.3 is 5.11 Å². The first-order chi connectivity index (χ1) is 19.2.